The van der Waals surface area contributed by atoms with E-state index in [1.54, 1.807) is 7.11 Å². The minimum Gasteiger partial charge on any atom is -0.497 e. The number of carboxylic acid groups (broad SMARTS) is 1. The van der Waals surface area contributed by atoms with Crippen LogP contribution in [0.4, 0.5) is 0 Å². The quantitative estimate of drug-likeness (QED) is 0.927. The van der Waals surface area contributed by atoms with Crippen LogP contribution in [0.1, 0.15) is 24.5 Å². The highest BCUT2D eigenvalue weighted by Crippen LogP contribution is 2.32. The van der Waals surface area contributed by atoms with Gasteiger partial charge in [-0.3, -0.25) is 9.69 Å². The Bertz CT molecular complexity index is 543. The van der Waals surface area contributed by atoms with Crippen molar-refractivity contribution in [2.24, 2.45) is 11.8 Å². The summed E-state index contributed by atoms with van der Waals surface area (Å²) in [5, 5.41) is 9.28. The number of fused-ring (bicyclic) bond motifs is 1. The maximum atomic E-state index is 11.3. The molecule has 1 fully saturated rings. The summed E-state index contributed by atoms with van der Waals surface area (Å²) < 4.78 is 5.32. The van der Waals surface area contributed by atoms with Gasteiger partial charge in [-0.2, -0.15) is 0 Å². The summed E-state index contributed by atoms with van der Waals surface area (Å²) in [4.78, 5) is 13.7. The monoisotopic (exact) mass is 289 g/mol. The standard InChI is InChI=1S/C17H23NO3/c1-11-9-18(10-16(11)17(19)20)14-5-3-12-4-6-15(21-2)8-13(12)7-14/h4,6,8,11,14,16H,3,5,7,9-10H2,1-2H3,(H,19,20). The summed E-state index contributed by atoms with van der Waals surface area (Å²) in [6.07, 6.45) is 3.20. The van der Waals surface area contributed by atoms with Crippen molar-refractivity contribution in [2.45, 2.75) is 32.2 Å². The zero-order chi connectivity index (χ0) is 15.0. The second-order valence-electron chi connectivity index (χ2n) is 6.41. The van der Waals surface area contributed by atoms with Crippen LogP contribution < -0.4 is 4.74 Å². The van der Waals surface area contributed by atoms with E-state index in [4.69, 9.17) is 4.74 Å². The van der Waals surface area contributed by atoms with Crippen LogP contribution in [0.2, 0.25) is 0 Å². The van der Waals surface area contributed by atoms with E-state index in [-0.39, 0.29) is 11.8 Å². The molecule has 1 saturated heterocycles. The van der Waals surface area contributed by atoms with E-state index in [0.29, 0.717) is 12.6 Å². The van der Waals surface area contributed by atoms with Crippen LogP contribution in [0.5, 0.6) is 5.75 Å². The summed E-state index contributed by atoms with van der Waals surface area (Å²) in [7, 11) is 1.70. The molecule has 1 aliphatic heterocycles. The number of nitrogens with zero attached hydrogens (tertiary/aromatic N) is 1. The van der Waals surface area contributed by atoms with E-state index < -0.39 is 5.97 Å². The highest BCUT2D eigenvalue weighted by atomic mass is 16.5. The molecule has 0 aromatic heterocycles. The topological polar surface area (TPSA) is 49.8 Å². The fourth-order valence-electron chi connectivity index (χ4n) is 3.78. The van der Waals surface area contributed by atoms with E-state index in [0.717, 1.165) is 31.6 Å². The molecule has 4 nitrogen and oxygen atoms in total. The lowest BCUT2D eigenvalue weighted by molar-refractivity contribution is -0.142. The average Bonchev–Trinajstić information content (AvgIpc) is 2.88. The molecule has 114 valence electrons. The number of likely N-dealkylation sites (tertiary alicyclic amines) is 1. The first-order valence-electron chi connectivity index (χ1n) is 7.71. The number of aliphatic carboxylic acids is 1. The lowest BCUT2D eigenvalue weighted by Gasteiger charge is -2.32. The van der Waals surface area contributed by atoms with Crippen LogP contribution in [0.3, 0.4) is 0 Å². The van der Waals surface area contributed by atoms with Crippen molar-refractivity contribution >= 4 is 5.97 Å². The minimum absolute atomic E-state index is 0.211. The summed E-state index contributed by atoms with van der Waals surface area (Å²) in [5.41, 5.74) is 2.77. The first kappa shape index (κ1) is 14.4. The van der Waals surface area contributed by atoms with Crippen molar-refractivity contribution in [3.8, 4) is 5.75 Å². The maximum Gasteiger partial charge on any atom is 0.308 e. The zero-order valence-electron chi connectivity index (χ0n) is 12.7. The Balaban J connectivity index is 1.73. The van der Waals surface area contributed by atoms with E-state index >= 15 is 0 Å². The second kappa shape index (κ2) is 5.68. The third-order valence-corrected chi connectivity index (χ3v) is 5.09. The fraction of sp³-hybridized carbons (Fsp3) is 0.588. The predicted octanol–water partition coefficient (Wildman–Crippen LogP) is 2.21. The molecule has 0 radical (unpaired) electrons. The fourth-order valence-corrected chi connectivity index (χ4v) is 3.78. The average molecular weight is 289 g/mol. The number of carbonyl (C=O) groups is 1. The highest BCUT2D eigenvalue weighted by Gasteiger charge is 2.38. The highest BCUT2D eigenvalue weighted by molar-refractivity contribution is 5.71. The minimum atomic E-state index is -0.650. The Labute approximate surface area is 125 Å². The molecule has 1 aliphatic carbocycles. The number of benzene rings is 1. The number of rotatable bonds is 3. The largest absolute Gasteiger partial charge is 0.497 e. The van der Waals surface area contributed by atoms with E-state index in [1.165, 1.54) is 11.1 Å². The predicted molar refractivity (Wildman–Crippen MR) is 80.7 cm³/mol. The molecule has 0 bridgehead atoms. The van der Waals surface area contributed by atoms with Crippen LogP contribution in [-0.4, -0.2) is 42.2 Å². The normalized spacial score (nSPS) is 29.1. The summed E-state index contributed by atoms with van der Waals surface area (Å²) in [6.45, 7) is 3.65. The van der Waals surface area contributed by atoms with Gasteiger partial charge in [-0.05, 0) is 48.4 Å². The van der Waals surface area contributed by atoms with Gasteiger partial charge in [0, 0.05) is 19.1 Å². The third-order valence-electron chi connectivity index (χ3n) is 5.09. The van der Waals surface area contributed by atoms with Gasteiger partial charge < -0.3 is 9.84 Å². The molecule has 0 saturated carbocycles. The second-order valence-corrected chi connectivity index (χ2v) is 6.41. The number of hydrogen-bond donors (Lipinski definition) is 1. The lowest BCUT2D eigenvalue weighted by atomic mass is 9.87. The molecule has 0 spiro atoms. The molecular formula is C17H23NO3. The van der Waals surface area contributed by atoms with Crippen molar-refractivity contribution in [2.75, 3.05) is 20.2 Å². The molecule has 1 aromatic rings. The molecule has 1 aromatic carbocycles. The first-order chi connectivity index (χ1) is 10.1. The summed E-state index contributed by atoms with van der Waals surface area (Å²) in [6, 6.07) is 6.79. The molecule has 4 heteroatoms. The third kappa shape index (κ3) is 2.77. The Morgan fingerprint density at radius 1 is 1.33 bits per heavy atom. The summed E-state index contributed by atoms with van der Waals surface area (Å²) in [5.74, 6) is 0.293. The Morgan fingerprint density at radius 3 is 2.81 bits per heavy atom. The summed E-state index contributed by atoms with van der Waals surface area (Å²) >= 11 is 0. The van der Waals surface area contributed by atoms with Gasteiger partial charge in [-0.1, -0.05) is 13.0 Å². The van der Waals surface area contributed by atoms with Crippen molar-refractivity contribution in [1.29, 1.82) is 0 Å². The van der Waals surface area contributed by atoms with Crippen molar-refractivity contribution < 1.29 is 14.6 Å². The van der Waals surface area contributed by atoms with Gasteiger partial charge in [0.05, 0.1) is 13.0 Å². The molecule has 1 heterocycles. The van der Waals surface area contributed by atoms with Crippen LogP contribution in [0, 0.1) is 11.8 Å². The molecular weight excluding hydrogens is 266 g/mol. The first-order valence-corrected chi connectivity index (χ1v) is 7.71. The van der Waals surface area contributed by atoms with E-state index in [9.17, 15) is 9.90 Å². The van der Waals surface area contributed by atoms with Crippen LogP contribution in [-0.2, 0) is 17.6 Å². The molecule has 21 heavy (non-hydrogen) atoms. The Hall–Kier alpha value is -1.55. The molecule has 1 N–H and O–H groups in total. The number of ether oxygens (including phenoxy) is 1. The Kier molecular flexibility index (Phi) is 3.89. The zero-order valence-corrected chi connectivity index (χ0v) is 12.7. The Morgan fingerprint density at radius 2 is 2.14 bits per heavy atom. The van der Waals surface area contributed by atoms with Gasteiger partial charge in [0.15, 0.2) is 0 Å². The van der Waals surface area contributed by atoms with Crippen LogP contribution >= 0.6 is 0 Å². The van der Waals surface area contributed by atoms with E-state index in [1.807, 2.05) is 6.07 Å². The van der Waals surface area contributed by atoms with E-state index in [2.05, 4.69) is 24.0 Å². The van der Waals surface area contributed by atoms with Gasteiger partial charge in [-0.25, -0.2) is 0 Å². The van der Waals surface area contributed by atoms with Crippen molar-refractivity contribution in [3.63, 3.8) is 0 Å². The molecule has 3 unspecified atom stereocenters. The van der Waals surface area contributed by atoms with Crippen molar-refractivity contribution in [3.05, 3.63) is 29.3 Å². The van der Waals surface area contributed by atoms with Crippen molar-refractivity contribution in [1.82, 2.24) is 4.90 Å². The van der Waals surface area contributed by atoms with Gasteiger partial charge in [0.25, 0.3) is 0 Å². The molecule has 3 atom stereocenters. The number of hydrogen-bond acceptors (Lipinski definition) is 3. The number of aryl methyl sites for hydroxylation is 1. The number of methoxy groups -OCH3 is 1. The van der Waals surface area contributed by atoms with Gasteiger partial charge >= 0.3 is 5.97 Å². The lowest BCUT2D eigenvalue weighted by Crippen LogP contribution is -2.38. The molecule has 3 rings (SSSR count). The smallest absolute Gasteiger partial charge is 0.308 e. The van der Waals surface area contributed by atoms with Gasteiger partial charge in [0.1, 0.15) is 5.75 Å². The number of carboxylic acids is 1. The van der Waals surface area contributed by atoms with Gasteiger partial charge in [-0.15, -0.1) is 0 Å². The van der Waals surface area contributed by atoms with Crippen LogP contribution in [0.15, 0.2) is 18.2 Å². The maximum absolute atomic E-state index is 11.3. The van der Waals surface area contributed by atoms with Gasteiger partial charge in [0.2, 0.25) is 0 Å². The molecule has 2 aliphatic rings. The SMILES string of the molecule is COc1ccc2c(c1)CC(N1CC(C)C(C(=O)O)C1)CC2. The molecule has 0 amide bonds. The van der Waals surface area contributed by atoms with Crippen LogP contribution in [0.25, 0.3) is 0 Å².